The first-order chi connectivity index (χ1) is 9.52. The fraction of sp³-hybridized carbons (Fsp3) is 0.600. The van der Waals surface area contributed by atoms with E-state index in [1.165, 1.54) is 25.9 Å². The topological polar surface area (TPSA) is 15.3 Å². The van der Waals surface area contributed by atoms with Gasteiger partial charge in [-0.1, -0.05) is 23.2 Å². The second-order valence-electron chi connectivity index (χ2n) is 5.58. The minimum absolute atomic E-state index is 0.319. The Labute approximate surface area is 136 Å². The molecule has 5 heteroatoms. The number of nitrogens with one attached hydrogen (secondary N) is 1. The molecule has 0 bridgehead atoms. The highest BCUT2D eigenvalue weighted by molar-refractivity contribution is 7.99. The molecule has 1 saturated heterocycles. The van der Waals surface area contributed by atoms with Gasteiger partial charge in [-0.15, -0.1) is 11.8 Å². The van der Waals surface area contributed by atoms with Crippen molar-refractivity contribution in [3.8, 4) is 0 Å². The third-order valence-electron chi connectivity index (χ3n) is 4.12. The number of benzene rings is 1. The Hall–Kier alpha value is 0.0700. The summed E-state index contributed by atoms with van der Waals surface area (Å²) in [4.78, 5) is 3.61. The number of halogens is 2. The number of rotatable bonds is 5. The highest BCUT2D eigenvalue weighted by atomic mass is 35.5. The summed E-state index contributed by atoms with van der Waals surface area (Å²) in [5.74, 6) is 1.05. The average Bonchev–Trinajstić information content (AvgIpc) is 2.45. The summed E-state index contributed by atoms with van der Waals surface area (Å²) in [6, 6.07) is 5.64. The van der Waals surface area contributed by atoms with Crippen molar-refractivity contribution in [2.24, 2.45) is 0 Å². The molecule has 0 aliphatic carbocycles. The van der Waals surface area contributed by atoms with Gasteiger partial charge in [0.1, 0.15) is 0 Å². The number of piperidine rings is 1. The van der Waals surface area contributed by atoms with Crippen LogP contribution in [0.25, 0.3) is 0 Å². The maximum absolute atomic E-state index is 6.17. The van der Waals surface area contributed by atoms with Gasteiger partial charge < -0.3 is 10.2 Å². The molecule has 0 spiro atoms. The van der Waals surface area contributed by atoms with Gasteiger partial charge in [-0.05, 0) is 58.1 Å². The number of hydrogen-bond donors (Lipinski definition) is 1. The average molecular weight is 333 g/mol. The van der Waals surface area contributed by atoms with Crippen LogP contribution in [-0.4, -0.2) is 42.9 Å². The van der Waals surface area contributed by atoms with Crippen molar-refractivity contribution in [3.05, 3.63) is 28.2 Å². The summed E-state index contributed by atoms with van der Waals surface area (Å²) in [7, 11) is 2.06. The van der Waals surface area contributed by atoms with Gasteiger partial charge in [-0.3, -0.25) is 0 Å². The summed E-state index contributed by atoms with van der Waals surface area (Å²) in [6.45, 7) is 5.75. The molecule has 1 aliphatic rings. The molecular formula is C15H22Cl2N2S. The molecule has 2 rings (SSSR count). The lowest BCUT2D eigenvalue weighted by atomic mass is 9.90. The van der Waals surface area contributed by atoms with E-state index in [-0.39, 0.29) is 0 Å². The van der Waals surface area contributed by atoms with E-state index in [0.29, 0.717) is 5.54 Å². The van der Waals surface area contributed by atoms with Gasteiger partial charge in [0.15, 0.2) is 0 Å². The number of nitrogens with zero attached hydrogens (tertiary/aromatic N) is 1. The summed E-state index contributed by atoms with van der Waals surface area (Å²) < 4.78 is 0. The zero-order chi connectivity index (χ0) is 14.6. The van der Waals surface area contributed by atoms with Gasteiger partial charge in [0.25, 0.3) is 0 Å². The first-order valence-electron chi connectivity index (χ1n) is 7.01. The van der Waals surface area contributed by atoms with Crippen molar-refractivity contribution in [1.82, 2.24) is 10.2 Å². The second-order valence-corrected chi connectivity index (χ2v) is 7.56. The Balaban J connectivity index is 1.76. The Morgan fingerprint density at radius 1 is 1.30 bits per heavy atom. The molecule has 1 heterocycles. The van der Waals surface area contributed by atoms with Crippen LogP contribution in [0.3, 0.4) is 0 Å². The molecule has 0 radical (unpaired) electrons. The Morgan fingerprint density at radius 3 is 2.65 bits per heavy atom. The number of thioether (sulfide) groups is 1. The van der Waals surface area contributed by atoms with Crippen molar-refractivity contribution >= 4 is 35.0 Å². The minimum Gasteiger partial charge on any atom is -0.314 e. The summed E-state index contributed by atoms with van der Waals surface area (Å²) >= 11 is 14.0. The fourth-order valence-electron chi connectivity index (χ4n) is 2.39. The first-order valence-corrected chi connectivity index (χ1v) is 8.76. The van der Waals surface area contributed by atoms with E-state index in [1.54, 1.807) is 11.8 Å². The molecule has 1 N–H and O–H groups in total. The third-order valence-corrected chi connectivity index (χ3v) is 5.83. The lowest BCUT2D eigenvalue weighted by Crippen LogP contribution is -2.50. The molecule has 0 saturated carbocycles. The minimum atomic E-state index is 0.319. The van der Waals surface area contributed by atoms with Gasteiger partial charge in [0.2, 0.25) is 0 Å². The molecule has 0 aromatic heterocycles. The van der Waals surface area contributed by atoms with Crippen LogP contribution >= 0.6 is 35.0 Å². The van der Waals surface area contributed by atoms with Gasteiger partial charge in [0.05, 0.1) is 5.02 Å². The molecule has 0 atom stereocenters. The van der Waals surface area contributed by atoms with E-state index in [1.807, 2.05) is 18.2 Å². The van der Waals surface area contributed by atoms with E-state index in [0.717, 1.165) is 27.2 Å². The largest absolute Gasteiger partial charge is 0.314 e. The highest BCUT2D eigenvalue weighted by Gasteiger charge is 2.27. The van der Waals surface area contributed by atoms with Crippen LogP contribution in [0.1, 0.15) is 19.8 Å². The fourth-order valence-corrected chi connectivity index (χ4v) is 3.90. The van der Waals surface area contributed by atoms with Crippen molar-refractivity contribution in [1.29, 1.82) is 0 Å². The van der Waals surface area contributed by atoms with E-state index in [9.17, 15) is 0 Å². The summed E-state index contributed by atoms with van der Waals surface area (Å²) in [6.07, 6.45) is 2.43. The molecular weight excluding hydrogens is 311 g/mol. The molecule has 112 valence electrons. The molecule has 0 amide bonds. The molecule has 1 aliphatic heterocycles. The standard InChI is InChI=1S/C15H22Cl2N2S/c1-15(18-2)5-7-19(8-6-15)9-10-20-14-11-12(16)3-4-13(14)17/h3-4,11,18H,5-10H2,1-2H3. The monoisotopic (exact) mass is 332 g/mol. The second kappa shape index (κ2) is 7.37. The molecule has 2 nitrogen and oxygen atoms in total. The molecule has 1 fully saturated rings. The highest BCUT2D eigenvalue weighted by Crippen LogP contribution is 2.30. The van der Waals surface area contributed by atoms with Gasteiger partial charge in [0, 0.05) is 27.8 Å². The predicted octanol–water partition coefficient (Wildman–Crippen LogP) is 4.16. The van der Waals surface area contributed by atoms with Crippen molar-refractivity contribution < 1.29 is 0 Å². The third kappa shape index (κ3) is 4.54. The summed E-state index contributed by atoms with van der Waals surface area (Å²) in [5, 5.41) is 4.97. The maximum atomic E-state index is 6.17. The van der Waals surface area contributed by atoms with Crippen molar-refractivity contribution in [2.75, 3.05) is 32.4 Å². The van der Waals surface area contributed by atoms with Gasteiger partial charge in [-0.25, -0.2) is 0 Å². The Bertz CT molecular complexity index is 445. The maximum Gasteiger partial charge on any atom is 0.0542 e. The van der Waals surface area contributed by atoms with Crippen LogP contribution in [0.4, 0.5) is 0 Å². The van der Waals surface area contributed by atoms with Crippen LogP contribution in [-0.2, 0) is 0 Å². The van der Waals surface area contributed by atoms with E-state index in [4.69, 9.17) is 23.2 Å². The normalized spacial score (nSPS) is 19.2. The van der Waals surface area contributed by atoms with E-state index in [2.05, 4.69) is 24.2 Å². The van der Waals surface area contributed by atoms with Crippen LogP contribution in [0.15, 0.2) is 23.1 Å². The van der Waals surface area contributed by atoms with Crippen LogP contribution in [0, 0.1) is 0 Å². The first kappa shape index (κ1) is 16.4. The van der Waals surface area contributed by atoms with Crippen LogP contribution < -0.4 is 5.32 Å². The molecule has 0 unspecified atom stereocenters. The quantitative estimate of drug-likeness (QED) is 0.815. The number of likely N-dealkylation sites (tertiary alicyclic amines) is 1. The van der Waals surface area contributed by atoms with Gasteiger partial charge >= 0.3 is 0 Å². The SMILES string of the molecule is CNC1(C)CCN(CCSc2cc(Cl)ccc2Cl)CC1. The molecule has 20 heavy (non-hydrogen) atoms. The zero-order valence-corrected chi connectivity index (χ0v) is 14.4. The Morgan fingerprint density at radius 2 is 2.00 bits per heavy atom. The summed E-state index contributed by atoms with van der Waals surface area (Å²) in [5.41, 5.74) is 0.319. The molecule has 1 aromatic rings. The van der Waals surface area contributed by atoms with Crippen molar-refractivity contribution in [2.45, 2.75) is 30.2 Å². The predicted molar refractivity (Wildman–Crippen MR) is 90.3 cm³/mol. The zero-order valence-electron chi connectivity index (χ0n) is 12.1. The lowest BCUT2D eigenvalue weighted by Gasteiger charge is -2.39. The van der Waals surface area contributed by atoms with Crippen LogP contribution in [0.2, 0.25) is 10.0 Å². The van der Waals surface area contributed by atoms with Gasteiger partial charge in [-0.2, -0.15) is 0 Å². The molecule has 1 aromatic carbocycles. The smallest absolute Gasteiger partial charge is 0.0542 e. The van der Waals surface area contributed by atoms with Crippen LogP contribution in [0.5, 0.6) is 0 Å². The Kier molecular flexibility index (Phi) is 6.06. The van der Waals surface area contributed by atoms with E-state index >= 15 is 0 Å². The number of hydrogen-bond acceptors (Lipinski definition) is 3. The van der Waals surface area contributed by atoms with Crippen molar-refractivity contribution in [3.63, 3.8) is 0 Å². The lowest BCUT2D eigenvalue weighted by molar-refractivity contribution is 0.159. The van der Waals surface area contributed by atoms with E-state index < -0.39 is 0 Å².